The van der Waals surface area contributed by atoms with Crippen LogP contribution in [0, 0.1) is 5.92 Å². The second-order valence-corrected chi connectivity index (χ2v) is 7.88. The molecular weight excluding hydrogens is 336 g/mol. The van der Waals surface area contributed by atoms with Crippen molar-refractivity contribution in [3.63, 3.8) is 0 Å². The van der Waals surface area contributed by atoms with Crippen LogP contribution in [0.25, 0.3) is 0 Å². The van der Waals surface area contributed by atoms with Crippen molar-refractivity contribution in [3.05, 3.63) is 0 Å². The number of rotatable bonds is 7. The Morgan fingerprint density at radius 1 is 1.35 bits per heavy atom. The number of ether oxygens (including phenoxy) is 3. The van der Waals surface area contributed by atoms with Gasteiger partial charge in [0.05, 0.1) is 19.3 Å². The standard InChI is InChI=1S/C18H34N4O4/c1-18(2,3)26-17(23)22-10-15(11-22)21-16(19-4)20-7-5-8-24-12-14-6-9-25-13-14/h14-15H,5-13H2,1-4H3,(H2,19,20,21). The quantitative estimate of drug-likeness (QED) is 0.398. The Morgan fingerprint density at radius 2 is 2.12 bits per heavy atom. The third-order valence-corrected chi connectivity index (χ3v) is 4.23. The van der Waals surface area contributed by atoms with Crippen molar-refractivity contribution in [2.75, 3.05) is 53.1 Å². The molecule has 2 heterocycles. The highest BCUT2D eigenvalue weighted by Gasteiger charge is 2.34. The Morgan fingerprint density at radius 3 is 2.73 bits per heavy atom. The van der Waals surface area contributed by atoms with Gasteiger partial charge >= 0.3 is 6.09 Å². The lowest BCUT2D eigenvalue weighted by atomic mass is 10.1. The number of hydrogen-bond acceptors (Lipinski definition) is 5. The minimum atomic E-state index is -0.458. The molecule has 2 aliphatic heterocycles. The maximum absolute atomic E-state index is 11.9. The maximum Gasteiger partial charge on any atom is 0.410 e. The van der Waals surface area contributed by atoms with E-state index in [0.29, 0.717) is 19.0 Å². The first-order valence-electron chi connectivity index (χ1n) is 9.48. The fraction of sp³-hybridized carbons (Fsp3) is 0.889. The summed E-state index contributed by atoms with van der Waals surface area (Å²) < 4.78 is 16.4. The molecule has 0 aliphatic carbocycles. The van der Waals surface area contributed by atoms with Crippen LogP contribution in [0.15, 0.2) is 4.99 Å². The average molecular weight is 370 g/mol. The summed E-state index contributed by atoms with van der Waals surface area (Å²) in [5.41, 5.74) is -0.458. The van der Waals surface area contributed by atoms with Gasteiger partial charge < -0.3 is 29.7 Å². The molecule has 2 N–H and O–H groups in total. The molecule has 2 rings (SSSR count). The Bertz CT molecular complexity index is 466. The number of nitrogens with one attached hydrogen (secondary N) is 2. The summed E-state index contributed by atoms with van der Waals surface area (Å²) in [6.07, 6.45) is 1.77. The van der Waals surface area contributed by atoms with Crippen LogP contribution in [0.2, 0.25) is 0 Å². The number of hydrogen-bond donors (Lipinski definition) is 2. The zero-order chi connectivity index (χ0) is 19.0. The highest BCUT2D eigenvalue weighted by atomic mass is 16.6. The highest BCUT2D eigenvalue weighted by molar-refractivity contribution is 5.80. The van der Waals surface area contributed by atoms with Crippen LogP contribution in [-0.4, -0.2) is 81.7 Å². The van der Waals surface area contributed by atoms with Gasteiger partial charge in [-0.25, -0.2) is 4.79 Å². The predicted molar refractivity (Wildman–Crippen MR) is 100 cm³/mol. The molecule has 1 amide bonds. The van der Waals surface area contributed by atoms with E-state index in [1.54, 1.807) is 11.9 Å². The van der Waals surface area contributed by atoms with Gasteiger partial charge in [-0.2, -0.15) is 0 Å². The van der Waals surface area contributed by atoms with Crippen molar-refractivity contribution >= 4 is 12.1 Å². The van der Waals surface area contributed by atoms with Crippen molar-refractivity contribution in [1.82, 2.24) is 15.5 Å². The van der Waals surface area contributed by atoms with E-state index in [-0.39, 0.29) is 12.1 Å². The lowest BCUT2D eigenvalue weighted by Crippen LogP contribution is -2.63. The van der Waals surface area contributed by atoms with E-state index in [0.717, 1.165) is 51.8 Å². The summed E-state index contributed by atoms with van der Waals surface area (Å²) in [5, 5.41) is 6.60. The van der Waals surface area contributed by atoms with E-state index in [9.17, 15) is 4.79 Å². The number of amides is 1. The van der Waals surface area contributed by atoms with Gasteiger partial charge in [0.2, 0.25) is 0 Å². The lowest BCUT2D eigenvalue weighted by Gasteiger charge is -2.40. The molecule has 1 atom stereocenters. The van der Waals surface area contributed by atoms with Crippen LogP contribution in [0.3, 0.4) is 0 Å². The van der Waals surface area contributed by atoms with Gasteiger partial charge in [0.25, 0.3) is 0 Å². The van der Waals surface area contributed by atoms with Crippen molar-refractivity contribution in [2.24, 2.45) is 10.9 Å². The van der Waals surface area contributed by atoms with Crippen molar-refractivity contribution in [2.45, 2.75) is 45.3 Å². The molecule has 1 unspecified atom stereocenters. The first kappa shape index (κ1) is 20.8. The topological polar surface area (TPSA) is 84.4 Å². The summed E-state index contributed by atoms with van der Waals surface area (Å²) in [6.45, 7) is 10.9. The van der Waals surface area contributed by atoms with Crippen LogP contribution in [0.4, 0.5) is 4.79 Å². The predicted octanol–water partition coefficient (Wildman–Crippen LogP) is 1.21. The molecular formula is C18H34N4O4. The number of carbonyl (C=O) groups is 1. The molecule has 2 saturated heterocycles. The average Bonchev–Trinajstić information content (AvgIpc) is 3.03. The number of guanidine groups is 1. The molecule has 0 radical (unpaired) electrons. The van der Waals surface area contributed by atoms with E-state index >= 15 is 0 Å². The zero-order valence-electron chi connectivity index (χ0n) is 16.5. The van der Waals surface area contributed by atoms with Crippen LogP contribution in [0.5, 0.6) is 0 Å². The fourth-order valence-electron chi connectivity index (χ4n) is 2.78. The molecule has 8 nitrogen and oxygen atoms in total. The third-order valence-electron chi connectivity index (χ3n) is 4.23. The zero-order valence-corrected chi connectivity index (χ0v) is 16.5. The largest absolute Gasteiger partial charge is 0.444 e. The number of likely N-dealkylation sites (tertiary alicyclic amines) is 1. The summed E-state index contributed by atoms with van der Waals surface area (Å²) in [5.74, 6) is 1.31. The van der Waals surface area contributed by atoms with Crippen molar-refractivity contribution < 1.29 is 19.0 Å². The summed E-state index contributed by atoms with van der Waals surface area (Å²) in [4.78, 5) is 17.8. The van der Waals surface area contributed by atoms with Gasteiger partial charge in [-0.3, -0.25) is 4.99 Å². The molecule has 0 aromatic heterocycles. The minimum absolute atomic E-state index is 0.201. The fourth-order valence-corrected chi connectivity index (χ4v) is 2.78. The molecule has 2 aliphatic rings. The lowest BCUT2D eigenvalue weighted by molar-refractivity contribution is 0.00700. The molecule has 0 bridgehead atoms. The van der Waals surface area contributed by atoms with Crippen molar-refractivity contribution in [1.29, 1.82) is 0 Å². The molecule has 0 saturated carbocycles. The Hall–Kier alpha value is -1.54. The van der Waals surface area contributed by atoms with Crippen molar-refractivity contribution in [3.8, 4) is 0 Å². The summed E-state index contributed by atoms with van der Waals surface area (Å²) in [6, 6.07) is 0.201. The molecule has 2 fully saturated rings. The van der Waals surface area contributed by atoms with E-state index in [2.05, 4.69) is 15.6 Å². The Balaban J connectivity index is 1.51. The van der Waals surface area contributed by atoms with E-state index in [1.165, 1.54) is 0 Å². The SMILES string of the molecule is CN=C(NCCCOCC1CCOC1)NC1CN(C(=O)OC(C)(C)C)C1. The maximum atomic E-state index is 11.9. The van der Waals surface area contributed by atoms with E-state index in [1.807, 2.05) is 20.8 Å². The van der Waals surface area contributed by atoms with E-state index in [4.69, 9.17) is 14.2 Å². The monoisotopic (exact) mass is 370 g/mol. The second kappa shape index (κ2) is 9.97. The smallest absolute Gasteiger partial charge is 0.410 e. The summed E-state index contributed by atoms with van der Waals surface area (Å²) >= 11 is 0. The number of carbonyl (C=O) groups excluding carboxylic acids is 1. The second-order valence-electron chi connectivity index (χ2n) is 7.88. The van der Waals surface area contributed by atoms with Crippen LogP contribution < -0.4 is 10.6 Å². The normalized spacial score (nSPS) is 21.5. The Kier molecular flexibility index (Phi) is 7.96. The van der Waals surface area contributed by atoms with Crippen LogP contribution in [0.1, 0.15) is 33.6 Å². The Labute approximate surface area is 156 Å². The van der Waals surface area contributed by atoms with Gasteiger partial charge in [-0.05, 0) is 33.6 Å². The van der Waals surface area contributed by atoms with Crippen LogP contribution in [-0.2, 0) is 14.2 Å². The van der Waals surface area contributed by atoms with Gasteiger partial charge in [0.1, 0.15) is 5.60 Å². The van der Waals surface area contributed by atoms with E-state index < -0.39 is 5.60 Å². The number of nitrogens with zero attached hydrogens (tertiary/aromatic N) is 2. The van der Waals surface area contributed by atoms with Gasteiger partial charge in [0.15, 0.2) is 5.96 Å². The van der Waals surface area contributed by atoms with Crippen LogP contribution >= 0.6 is 0 Å². The molecule has 150 valence electrons. The minimum Gasteiger partial charge on any atom is -0.444 e. The van der Waals surface area contributed by atoms with Gasteiger partial charge in [0, 0.05) is 45.8 Å². The molecule has 0 aromatic rings. The highest BCUT2D eigenvalue weighted by Crippen LogP contribution is 2.15. The first-order chi connectivity index (χ1) is 12.4. The third kappa shape index (κ3) is 7.37. The number of aliphatic imine (C=N–C) groups is 1. The summed E-state index contributed by atoms with van der Waals surface area (Å²) in [7, 11) is 1.75. The molecule has 8 heteroatoms. The molecule has 26 heavy (non-hydrogen) atoms. The van der Waals surface area contributed by atoms with Gasteiger partial charge in [-0.1, -0.05) is 0 Å². The molecule has 0 aromatic carbocycles. The van der Waals surface area contributed by atoms with Gasteiger partial charge in [-0.15, -0.1) is 0 Å². The first-order valence-corrected chi connectivity index (χ1v) is 9.48. The molecule has 0 spiro atoms.